The maximum Gasteiger partial charge on any atom is 0.193 e. The van der Waals surface area contributed by atoms with E-state index in [0.717, 1.165) is 23.1 Å². The third kappa shape index (κ3) is 1.90. The highest BCUT2D eigenvalue weighted by Gasteiger charge is 2.17. The van der Waals surface area contributed by atoms with Crippen LogP contribution in [0.15, 0.2) is 66.7 Å². The molecule has 0 heterocycles. The summed E-state index contributed by atoms with van der Waals surface area (Å²) in [4.78, 5) is 12.8. The molecule has 4 rings (SSSR count). The molecule has 0 spiro atoms. The number of benzene rings is 3. The Morgan fingerprint density at radius 2 is 1.71 bits per heavy atom. The predicted molar refractivity (Wildman–Crippen MR) is 86.6 cm³/mol. The van der Waals surface area contributed by atoms with Crippen molar-refractivity contribution in [1.82, 2.24) is 0 Å². The molecule has 1 nitrogen and oxygen atoms in total. The summed E-state index contributed by atoms with van der Waals surface area (Å²) >= 11 is 0. The number of carbonyl (C=O) groups excluding carboxylic acids is 1. The molecule has 0 unspecified atom stereocenters. The zero-order valence-electron chi connectivity index (χ0n) is 11.5. The minimum Gasteiger partial charge on any atom is -0.289 e. The standard InChI is InChI=1S/C20H14O/c21-20(16-6-2-1-3-7-16)18-13-12-15-9-4-8-14-10-5-11-17(18)19(14)15/h1-9,11-13H,10H2. The van der Waals surface area contributed by atoms with Crippen molar-refractivity contribution in [2.24, 2.45) is 0 Å². The highest BCUT2D eigenvalue weighted by Crippen LogP contribution is 2.32. The first-order valence-electron chi connectivity index (χ1n) is 7.15. The van der Waals surface area contributed by atoms with Crippen molar-refractivity contribution in [2.75, 3.05) is 0 Å². The van der Waals surface area contributed by atoms with E-state index >= 15 is 0 Å². The molecule has 0 radical (unpaired) electrons. The second-order valence-electron chi connectivity index (χ2n) is 5.34. The van der Waals surface area contributed by atoms with Gasteiger partial charge in [0.15, 0.2) is 5.78 Å². The van der Waals surface area contributed by atoms with Crippen LogP contribution in [0, 0.1) is 0 Å². The number of allylic oxidation sites excluding steroid dienone is 1. The van der Waals surface area contributed by atoms with Gasteiger partial charge in [0.25, 0.3) is 0 Å². The van der Waals surface area contributed by atoms with Crippen LogP contribution in [0.1, 0.15) is 27.0 Å². The molecule has 3 aromatic rings. The second-order valence-corrected chi connectivity index (χ2v) is 5.34. The zero-order chi connectivity index (χ0) is 14.2. The number of hydrogen-bond acceptors (Lipinski definition) is 1. The van der Waals surface area contributed by atoms with Crippen molar-refractivity contribution in [3.8, 4) is 0 Å². The summed E-state index contributed by atoms with van der Waals surface area (Å²) in [5.74, 6) is 0.0915. The summed E-state index contributed by atoms with van der Waals surface area (Å²) < 4.78 is 0. The minimum absolute atomic E-state index is 0.0915. The molecule has 0 saturated heterocycles. The molecule has 0 saturated carbocycles. The summed E-state index contributed by atoms with van der Waals surface area (Å²) in [5, 5.41) is 2.43. The Morgan fingerprint density at radius 3 is 2.57 bits per heavy atom. The first kappa shape index (κ1) is 12.1. The van der Waals surface area contributed by atoms with E-state index in [1.165, 1.54) is 16.3 Å². The molecule has 0 bridgehead atoms. The van der Waals surface area contributed by atoms with E-state index in [2.05, 4.69) is 36.4 Å². The number of hydrogen-bond donors (Lipinski definition) is 0. The minimum atomic E-state index is 0.0915. The van der Waals surface area contributed by atoms with Gasteiger partial charge in [-0.25, -0.2) is 0 Å². The molecule has 0 aliphatic heterocycles. The summed E-state index contributed by atoms with van der Waals surface area (Å²) in [6, 6.07) is 19.8. The van der Waals surface area contributed by atoms with Gasteiger partial charge in [-0.3, -0.25) is 4.79 Å². The molecule has 0 aromatic heterocycles. The van der Waals surface area contributed by atoms with Gasteiger partial charge in [-0.2, -0.15) is 0 Å². The van der Waals surface area contributed by atoms with E-state index in [-0.39, 0.29) is 5.78 Å². The fourth-order valence-electron chi connectivity index (χ4n) is 3.07. The predicted octanol–water partition coefficient (Wildman–Crippen LogP) is 4.64. The van der Waals surface area contributed by atoms with Gasteiger partial charge in [0.2, 0.25) is 0 Å². The van der Waals surface area contributed by atoms with Crippen LogP contribution >= 0.6 is 0 Å². The highest BCUT2D eigenvalue weighted by molar-refractivity contribution is 6.14. The maximum absolute atomic E-state index is 12.8. The van der Waals surface area contributed by atoms with Gasteiger partial charge >= 0.3 is 0 Å². The van der Waals surface area contributed by atoms with Gasteiger partial charge in [-0.1, -0.05) is 66.7 Å². The van der Waals surface area contributed by atoms with Gasteiger partial charge in [0.1, 0.15) is 0 Å². The molecule has 1 aliphatic rings. The van der Waals surface area contributed by atoms with E-state index in [9.17, 15) is 4.79 Å². The van der Waals surface area contributed by atoms with Crippen molar-refractivity contribution >= 4 is 22.6 Å². The molecule has 3 aromatic carbocycles. The zero-order valence-corrected chi connectivity index (χ0v) is 11.5. The lowest BCUT2D eigenvalue weighted by Crippen LogP contribution is -2.06. The molecule has 1 aliphatic carbocycles. The largest absolute Gasteiger partial charge is 0.289 e. The SMILES string of the molecule is O=C(c1ccccc1)c1ccc2cccc3c2c1C=CC3. The molecular weight excluding hydrogens is 256 g/mol. The number of carbonyl (C=O) groups is 1. The quantitative estimate of drug-likeness (QED) is 0.620. The Labute approximate surface area is 123 Å². The van der Waals surface area contributed by atoms with Crippen molar-refractivity contribution in [1.29, 1.82) is 0 Å². The second kappa shape index (κ2) is 4.71. The van der Waals surface area contributed by atoms with Crippen LogP contribution in [-0.4, -0.2) is 5.78 Å². The van der Waals surface area contributed by atoms with Crippen LogP contribution in [-0.2, 0) is 6.42 Å². The van der Waals surface area contributed by atoms with E-state index in [0.29, 0.717) is 0 Å². The van der Waals surface area contributed by atoms with Crippen molar-refractivity contribution in [3.63, 3.8) is 0 Å². The maximum atomic E-state index is 12.8. The molecule has 0 N–H and O–H groups in total. The third-order valence-electron chi connectivity index (χ3n) is 4.07. The van der Waals surface area contributed by atoms with Crippen LogP contribution in [0.25, 0.3) is 16.8 Å². The van der Waals surface area contributed by atoms with E-state index < -0.39 is 0 Å². The molecular formula is C20H14O. The van der Waals surface area contributed by atoms with Crippen LogP contribution in [0.3, 0.4) is 0 Å². The molecule has 0 fully saturated rings. The average Bonchev–Trinajstić information content (AvgIpc) is 2.56. The smallest absolute Gasteiger partial charge is 0.193 e. The topological polar surface area (TPSA) is 17.1 Å². The lowest BCUT2D eigenvalue weighted by atomic mass is 9.87. The molecule has 0 amide bonds. The summed E-state index contributed by atoms with van der Waals surface area (Å²) in [6.07, 6.45) is 5.16. The Bertz CT molecular complexity index is 873. The fourth-order valence-corrected chi connectivity index (χ4v) is 3.07. The number of ketones is 1. The van der Waals surface area contributed by atoms with Crippen molar-refractivity contribution in [3.05, 3.63) is 89.0 Å². The molecule has 0 atom stereocenters. The van der Waals surface area contributed by atoms with Gasteiger partial charge in [-0.05, 0) is 34.4 Å². The molecule has 100 valence electrons. The van der Waals surface area contributed by atoms with Crippen LogP contribution < -0.4 is 0 Å². The van der Waals surface area contributed by atoms with E-state index in [4.69, 9.17) is 0 Å². The molecule has 1 heteroatoms. The first-order valence-corrected chi connectivity index (χ1v) is 7.15. The average molecular weight is 270 g/mol. The molecule has 21 heavy (non-hydrogen) atoms. The first-order chi connectivity index (χ1) is 10.3. The number of rotatable bonds is 2. The van der Waals surface area contributed by atoms with Crippen molar-refractivity contribution < 1.29 is 4.79 Å². The summed E-state index contributed by atoms with van der Waals surface area (Å²) in [5.41, 5.74) is 3.89. The Hall–Kier alpha value is -2.67. The van der Waals surface area contributed by atoms with E-state index in [1.807, 2.05) is 36.4 Å². The van der Waals surface area contributed by atoms with Crippen molar-refractivity contribution in [2.45, 2.75) is 6.42 Å². The van der Waals surface area contributed by atoms with Gasteiger partial charge in [0, 0.05) is 11.1 Å². The van der Waals surface area contributed by atoms with Gasteiger partial charge < -0.3 is 0 Å². The fraction of sp³-hybridized carbons (Fsp3) is 0.0500. The van der Waals surface area contributed by atoms with Crippen LogP contribution in [0.2, 0.25) is 0 Å². The van der Waals surface area contributed by atoms with E-state index in [1.54, 1.807) is 0 Å². The summed E-state index contributed by atoms with van der Waals surface area (Å²) in [7, 11) is 0. The highest BCUT2D eigenvalue weighted by atomic mass is 16.1. The van der Waals surface area contributed by atoms with Gasteiger partial charge in [-0.15, -0.1) is 0 Å². The Balaban J connectivity index is 1.97. The lowest BCUT2D eigenvalue weighted by molar-refractivity contribution is 0.103. The Kier molecular flexibility index (Phi) is 2.71. The normalized spacial score (nSPS) is 12.6. The third-order valence-corrected chi connectivity index (χ3v) is 4.07. The van der Waals surface area contributed by atoms with Crippen LogP contribution in [0.4, 0.5) is 0 Å². The monoisotopic (exact) mass is 270 g/mol. The van der Waals surface area contributed by atoms with Crippen LogP contribution in [0.5, 0.6) is 0 Å². The summed E-state index contributed by atoms with van der Waals surface area (Å²) in [6.45, 7) is 0. The Morgan fingerprint density at radius 1 is 0.857 bits per heavy atom. The van der Waals surface area contributed by atoms with Gasteiger partial charge in [0.05, 0.1) is 0 Å². The lowest BCUT2D eigenvalue weighted by Gasteiger charge is -2.16.